The van der Waals surface area contributed by atoms with E-state index in [2.05, 4.69) is 6.92 Å². The van der Waals surface area contributed by atoms with E-state index in [1.807, 2.05) is 6.92 Å². The van der Waals surface area contributed by atoms with Crippen molar-refractivity contribution in [3.05, 3.63) is 0 Å². The third-order valence-electron chi connectivity index (χ3n) is 8.07. The van der Waals surface area contributed by atoms with Crippen LogP contribution in [0.3, 0.4) is 0 Å². The summed E-state index contributed by atoms with van der Waals surface area (Å²) >= 11 is 0. The molecule has 0 unspecified atom stereocenters. The lowest BCUT2D eigenvalue weighted by Gasteiger charge is -2.58. The fourth-order valence-electron chi connectivity index (χ4n) is 6.55. The second kappa shape index (κ2) is 4.52. The largest absolute Gasteiger partial charge is 0.300 e. The summed E-state index contributed by atoms with van der Waals surface area (Å²) in [6.07, 6.45) is 6.64. The standard InChI is InChI=1S/C19H26O3/c1-18-8-7-12(20)9-11(18)3-4-13-14-5-6-16(21)19(14,2)17(22)10-15(13)18/h11,13-15H,3-10H2,1-2H3/t11-,13+,14+,15+,18+,19+/m0/s1. The van der Waals surface area contributed by atoms with Crippen LogP contribution in [0.15, 0.2) is 0 Å². The van der Waals surface area contributed by atoms with Crippen LogP contribution < -0.4 is 0 Å². The van der Waals surface area contributed by atoms with Gasteiger partial charge in [-0.05, 0) is 61.7 Å². The summed E-state index contributed by atoms with van der Waals surface area (Å²) < 4.78 is 0. The van der Waals surface area contributed by atoms with Gasteiger partial charge in [0, 0.05) is 25.7 Å². The van der Waals surface area contributed by atoms with E-state index in [4.69, 9.17) is 0 Å². The molecule has 0 saturated heterocycles. The highest BCUT2D eigenvalue weighted by atomic mass is 16.2. The van der Waals surface area contributed by atoms with Gasteiger partial charge in [0.2, 0.25) is 0 Å². The lowest BCUT2D eigenvalue weighted by atomic mass is 9.45. The average molecular weight is 302 g/mol. The Labute approximate surface area is 132 Å². The zero-order valence-electron chi connectivity index (χ0n) is 13.7. The van der Waals surface area contributed by atoms with E-state index >= 15 is 0 Å². The molecule has 0 aromatic heterocycles. The third-order valence-corrected chi connectivity index (χ3v) is 8.07. The molecule has 4 aliphatic rings. The van der Waals surface area contributed by atoms with Crippen LogP contribution in [-0.4, -0.2) is 17.3 Å². The summed E-state index contributed by atoms with van der Waals surface area (Å²) in [5.41, 5.74) is -0.547. The van der Waals surface area contributed by atoms with Crippen LogP contribution in [0.25, 0.3) is 0 Å². The maximum atomic E-state index is 12.9. The van der Waals surface area contributed by atoms with E-state index in [0.717, 1.165) is 32.1 Å². The van der Waals surface area contributed by atoms with Crippen molar-refractivity contribution in [1.82, 2.24) is 0 Å². The van der Waals surface area contributed by atoms with E-state index in [0.29, 0.717) is 42.8 Å². The normalized spacial score (nSPS) is 51.3. The van der Waals surface area contributed by atoms with Crippen molar-refractivity contribution in [3.63, 3.8) is 0 Å². The molecule has 0 amide bonds. The molecule has 0 aromatic carbocycles. The van der Waals surface area contributed by atoms with Crippen molar-refractivity contribution in [2.75, 3.05) is 0 Å². The molecule has 0 spiro atoms. The molecule has 3 heteroatoms. The maximum Gasteiger partial charge on any atom is 0.146 e. The van der Waals surface area contributed by atoms with E-state index in [9.17, 15) is 14.4 Å². The predicted octanol–water partition coefficient (Wildman–Crippen LogP) is 3.35. The van der Waals surface area contributed by atoms with Crippen LogP contribution in [0, 0.1) is 34.5 Å². The minimum absolute atomic E-state index is 0.138. The summed E-state index contributed by atoms with van der Waals surface area (Å²) in [6.45, 7) is 4.25. The molecule has 6 atom stereocenters. The van der Waals surface area contributed by atoms with Gasteiger partial charge < -0.3 is 0 Å². The molecule has 0 radical (unpaired) electrons. The highest BCUT2D eigenvalue weighted by Crippen LogP contribution is 2.64. The summed E-state index contributed by atoms with van der Waals surface area (Å²) in [5, 5.41) is 0. The molecule has 3 nitrogen and oxygen atoms in total. The lowest BCUT2D eigenvalue weighted by molar-refractivity contribution is -0.158. The number of hydrogen-bond acceptors (Lipinski definition) is 3. The first-order valence-corrected chi connectivity index (χ1v) is 8.95. The van der Waals surface area contributed by atoms with Crippen molar-refractivity contribution in [2.45, 2.75) is 65.2 Å². The van der Waals surface area contributed by atoms with Crippen LogP contribution in [-0.2, 0) is 14.4 Å². The minimum atomic E-state index is -0.686. The molecule has 4 aliphatic carbocycles. The minimum Gasteiger partial charge on any atom is -0.300 e. The molecule has 22 heavy (non-hydrogen) atoms. The molecular formula is C19H26O3. The SMILES string of the molecule is C[C@]12C(=O)CC[C@@H]1[C@H]1CC[C@H]3CC(=O)CC[C@@]3(C)[C@@H]1CC2=O. The van der Waals surface area contributed by atoms with Crippen molar-refractivity contribution in [2.24, 2.45) is 34.5 Å². The van der Waals surface area contributed by atoms with Gasteiger partial charge >= 0.3 is 0 Å². The van der Waals surface area contributed by atoms with Gasteiger partial charge in [0.15, 0.2) is 0 Å². The number of ketones is 3. The number of fused-ring (bicyclic) bond motifs is 5. The van der Waals surface area contributed by atoms with Gasteiger partial charge in [-0.25, -0.2) is 0 Å². The van der Waals surface area contributed by atoms with Gasteiger partial charge in [-0.1, -0.05) is 6.92 Å². The predicted molar refractivity (Wildman–Crippen MR) is 82.1 cm³/mol. The Morgan fingerprint density at radius 3 is 2.41 bits per heavy atom. The molecular weight excluding hydrogens is 276 g/mol. The Hall–Kier alpha value is -0.990. The quantitative estimate of drug-likeness (QED) is 0.645. The Kier molecular flexibility index (Phi) is 3.00. The van der Waals surface area contributed by atoms with Crippen LogP contribution in [0.5, 0.6) is 0 Å². The summed E-state index contributed by atoms with van der Waals surface area (Å²) in [4.78, 5) is 37.1. The number of carbonyl (C=O) groups is 3. The smallest absolute Gasteiger partial charge is 0.146 e. The Morgan fingerprint density at radius 1 is 0.864 bits per heavy atom. The number of rotatable bonds is 0. The van der Waals surface area contributed by atoms with Crippen molar-refractivity contribution >= 4 is 17.3 Å². The molecule has 0 heterocycles. The van der Waals surface area contributed by atoms with Crippen LogP contribution in [0.1, 0.15) is 65.2 Å². The molecule has 4 fully saturated rings. The van der Waals surface area contributed by atoms with Gasteiger partial charge in [-0.15, -0.1) is 0 Å². The van der Waals surface area contributed by atoms with Crippen molar-refractivity contribution < 1.29 is 14.4 Å². The first kappa shape index (κ1) is 14.6. The molecule has 4 rings (SSSR count). The summed E-state index contributed by atoms with van der Waals surface area (Å²) in [7, 11) is 0. The van der Waals surface area contributed by atoms with E-state index < -0.39 is 5.41 Å². The first-order valence-electron chi connectivity index (χ1n) is 8.95. The molecule has 0 N–H and O–H groups in total. The molecule has 0 aromatic rings. The van der Waals surface area contributed by atoms with Crippen LogP contribution >= 0.6 is 0 Å². The second-order valence-electron chi connectivity index (χ2n) is 8.69. The van der Waals surface area contributed by atoms with Gasteiger partial charge in [0.1, 0.15) is 17.3 Å². The van der Waals surface area contributed by atoms with E-state index in [1.165, 1.54) is 0 Å². The summed E-state index contributed by atoms with van der Waals surface area (Å²) in [5.74, 6) is 2.43. The Balaban J connectivity index is 1.71. The molecule has 0 bridgehead atoms. The Morgan fingerprint density at radius 2 is 1.64 bits per heavy atom. The third kappa shape index (κ3) is 1.66. The van der Waals surface area contributed by atoms with E-state index in [1.54, 1.807) is 0 Å². The molecule has 120 valence electrons. The monoisotopic (exact) mass is 302 g/mol. The second-order valence-corrected chi connectivity index (χ2v) is 8.69. The lowest BCUT2D eigenvalue weighted by Crippen LogP contribution is -2.56. The van der Waals surface area contributed by atoms with E-state index in [-0.39, 0.29) is 22.9 Å². The summed E-state index contributed by atoms with van der Waals surface area (Å²) in [6, 6.07) is 0. The average Bonchev–Trinajstić information content (AvgIpc) is 2.79. The fraction of sp³-hybridized carbons (Fsp3) is 0.842. The van der Waals surface area contributed by atoms with Gasteiger partial charge in [0.05, 0.1) is 5.41 Å². The van der Waals surface area contributed by atoms with Crippen LogP contribution in [0.2, 0.25) is 0 Å². The first-order chi connectivity index (χ1) is 10.4. The topological polar surface area (TPSA) is 51.2 Å². The highest BCUT2D eigenvalue weighted by Gasteiger charge is 2.63. The number of carbonyl (C=O) groups excluding carboxylic acids is 3. The van der Waals surface area contributed by atoms with Gasteiger partial charge in [-0.2, -0.15) is 0 Å². The van der Waals surface area contributed by atoms with Crippen LogP contribution in [0.4, 0.5) is 0 Å². The maximum absolute atomic E-state index is 12.9. The molecule has 0 aliphatic heterocycles. The van der Waals surface area contributed by atoms with Crippen molar-refractivity contribution in [1.29, 1.82) is 0 Å². The molecule has 4 saturated carbocycles. The van der Waals surface area contributed by atoms with Gasteiger partial charge in [0.25, 0.3) is 0 Å². The zero-order chi connectivity index (χ0) is 15.7. The number of Topliss-reactive ketones (excluding diaryl/α,β-unsaturated/α-hetero) is 3. The highest BCUT2D eigenvalue weighted by molar-refractivity contribution is 6.09. The number of hydrogen-bond donors (Lipinski definition) is 0. The van der Waals surface area contributed by atoms with Crippen molar-refractivity contribution in [3.8, 4) is 0 Å². The van der Waals surface area contributed by atoms with Gasteiger partial charge in [-0.3, -0.25) is 14.4 Å². The zero-order valence-corrected chi connectivity index (χ0v) is 13.7. The Bertz CT molecular complexity index is 565. The fourth-order valence-corrected chi connectivity index (χ4v) is 6.55.